The van der Waals surface area contributed by atoms with E-state index < -0.39 is 0 Å². The Balaban J connectivity index is 1.76. The largest absolute Gasteiger partial charge is 0.453 e. The van der Waals surface area contributed by atoms with Gasteiger partial charge in [-0.05, 0) is 30.9 Å². The van der Waals surface area contributed by atoms with Crippen LogP contribution >= 0.6 is 0 Å². The molecule has 1 aromatic rings. The first-order valence-corrected chi connectivity index (χ1v) is 6.27. The van der Waals surface area contributed by atoms with Crippen molar-refractivity contribution in [3.8, 4) is 0 Å². The summed E-state index contributed by atoms with van der Waals surface area (Å²) in [5.41, 5.74) is 0. The maximum Gasteiger partial charge on any atom is 0.406 e. The Bertz CT molecular complexity index is 375. The van der Waals surface area contributed by atoms with Crippen molar-refractivity contribution >= 4 is 11.9 Å². The van der Waals surface area contributed by atoms with Crippen LogP contribution in [0.4, 0.5) is 10.6 Å². The molecule has 0 aliphatic carbocycles. The second kappa shape index (κ2) is 6.23. The third-order valence-electron chi connectivity index (χ3n) is 3.31. The van der Waals surface area contributed by atoms with Crippen LogP contribution < -0.4 is 10.2 Å². The second-order valence-electron chi connectivity index (χ2n) is 4.49. The van der Waals surface area contributed by atoms with E-state index in [2.05, 4.69) is 19.9 Å². The molecule has 2 rings (SSSR count). The highest BCUT2D eigenvalue weighted by Crippen LogP contribution is 2.20. The number of alkyl carbamates (subject to hydrolysis) is 1. The van der Waals surface area contributed by atoms with Crippen LogP contribution in [-0.2, 0) is 4.74 Å². The van der Waals surface area contributed by atoms with Crippen molar-refractivity contribution in [1.82, 2.24) is 10.3 Å². The molecule has 18 heavy (non-hydrogen) atoms. The average Bonchev–Trinajstić information content (AvgIpc) is 2.46. The highest BCUT2D eigenvalue weighted by Gasteiger charge is 2.20. The SMILES string of the molecule is COC(=O)NCC1CCN(c2ccccn2)CC1. The summed E-state index contributed by atoms with van der Waals surface area (Å²) in [4.78, 5) is 17.6. The molecule has 1 aliphatic rings. The first-order valence-electron chi connectivity index (χ1n) is 6.27. The van der Waals surface area contributed by atoms with Crippen LogP contribution in [0.3, 0.4) is 0 Å². The number of nitrogens with zero attached hydrogens (tertiary/aromatic N) is 2. The summed E-state index contributed by atoms with van der Waals surface area (Å²) in [6, 6.07) is 5.97. The van der Waals surface area contributed by atoms with E-state index in [1.807, 2.05) is 24.4 Å². The smallest absolute Gasteiger partial charge is 0.406 e. The minimum absolute atomic E-state index is 0.345. The maximum absolute atomic E-state index is 11.0. The van der Waals surface area contributed by atoms with E-state index in [1.165, 1.54) is 7.11 Å². The number of piperidine rings is 1. The van der Waals surface area contributed by atoms with Crippen molar-refractivity contribution in [2.24, 2.45) is 5.92 Å². The number of anilines is 1. The second-order valence-corrected chi connectivity index (χ2v) is 4.49. The van der Waals surface area contributed by atoms with Gasteiger partial charge < -0.3 is 15.0 Å². The molecule has 0 aromatic carbocycles. The zero-order valence-electron chi connectivity index (χ0n) is 10.6. The van der Waals surface area contributed by atoms with Crippen molar-refractivity contribution in [2.45, 2.75) is 12.8 Å². The molecule has 0 bridgehead atoms. The van der Waals surface area contributed by atoms with Crippen molar-refractivity contribution in [3.05, 3.63) is 24.4 Å². The van der Waals surface area contributed by atoms with Gasteiger partial charge in [-0.1, -0.05) is 6.07 Å². The number of ether oxygens (including phenoxy) is 1. The number of rotatable bonds is 3. The summed E-state index contributed by atoms with van der Waals surface area (Å²) in [6.07, 6.45) is 3.61. The molecule has 0 spiro atoms. The van der Waals surface area contributed by atoms with Gasteiger partial charge in [0.25, 0.3) is 0 Å². The third-order valence-corrected chi connectivity index (χ3v) is 3.31. The Morgan fingerprint density at radius 3 is 2.89 bits per heavy atom. The van der Waals surface area contributed by atoms with Crippen LogP contribution in [0.1, 0.15) is 12.8 Å². The van der Waals surface area contributed by atoms with Crippen LogP contribution in [-0.4, -0.2) is 37.8 Å². The van der Waals surface area contributed by atoms with Crippen molar-refractivity contribution in [3.63, 3.8) is 0 Å². The van der Waals surface area contributed by atoms with E-state index in [1.54, 1.807) is 0 Å². The third kappa shape index (κ3) is 3.35. The molecule has 0 unspecified atom stereocenters. The molecular weight excluding hydrogens is 230 g/mol. The topological polar surface area (TPSA) is 54.5 Å². The monoisotopic (exact) mass is 249 g/mol. The zero-order chi connectivity index (χ0) is 12.8. The lowest BCUT2D eigenvalue weighted by atomic mass is 9.97. The highest BCUT2D eigenvalue weighted by atomic mass is 16.5. The number of methoxy groups -OCH3 is 1. The van der Waals surface area contributed by atoms with Crippen LogP contribution in [0.25, 0.3) is 0 Å². The van der Waals surface area contributed by atoms with Gasteiger partial charge in [-0.25, -0.2) is 9.78 Å². The number of carbonyl (C=O) groups is 1. The van der Waals surface area contributed by atoms with Gasteiger partial charge in [-0.15, -0.1) is 0 Å². The molecule has 5 nitrogen and oxygen atoms in total. The molecule has 0 atom stereocenters. The molecule has 5 heteroatoms. The fourth-order valence-corrected chi connectivity index (χ4v) is 2.21. The Kier molecular flexibility index (Phi) is 4.39. The summed E-state index contributed by atoms with van der Waals surface area (Å²) in [5.74, 6) is 1.57. The Labute approximate surface area is 107 Å². The summed E-state index contributed by atoms with van der Waals surface area (Å²) >= 11 is 0. The lowest BCUT2D eigenvalue weighted by Crippen LogP contribution is -2.38. The van der Waals surface area contributed by atoms with Crippen LogP contribution in [0, 0.1) is 5.92 Å². The minimum atomic E-state index is -0.345. The van der Waals surface area contributed by atoms with Gasteiger partial charge >= 0.3 is 6.09 Å². The van der Waals surface area contributed by atoms with Gasteiger partial charge in [0, 0.05) is 25.8 Å². The predicted octanol–water partition coefficient (Wildman–Crippen LogP) is 1.65. The lowest BCUT2D eigenvalue weighted by Gasteiger charge is -2.32. The molecular formula is C13H19N3O2. The molecule has 1 aliphatic heterocycles. The number of pyridine rings is 1. The summed E-state index contributed by atoms with van der Waals surface area (Å²) in [7, 11) is 1.39. The van der Waals surface area contributed by atoms with E-state index in [4.69, 9.17) is 0 Å². The number of nitrogens with one attached hydrogen (secondary N) is 1. The number of aromatic nitrogens is 1. The van der Waals surface area contributed by atoms with Crippen LogP contribution in [0.15, 0.2) is 24.4 Å². The number of carbonyl (C=O) groups excluding carboxylic acids is 1. The standard InChI is InChI=1S/C13H19N3O2/c1-18-13(17)15-10-11-5-8-16(9-6-11)12-4-2-3-7-14-12/h2-4,7,11H,5-6,8-10H2,1H3,(H,15,17). The summed E-state index contributed by atoms with van der Waals surface area (Å²) < 4.78 is 4.56. The van der Waals surface area contributed by atoms with Crippen molar-refractivity contribution < 1.29 is 9.53 Å². The lowest BCUT2D eigenvalue weighted by molar-refractivity contribution is 0.168. The van der Waals surface area contributed by atoms with Crippen molar-refractivity contribution in [1.29, 1.82) is 0 Å². The zero-order valence-corrected chi connectivity index (χ0v) is 10.6. The molecule has 1 N–H and O–H groups in total. The molecule has 0 saturated carbocycles. The predicted molar refractivity (Wildman–Crippen MR) is 69.6 cm³/mol. The van der Waals surface area contributed by atoms with Gasteiger partial charge in [-0.2, -0.15) is 0 Å². The molecule has 1 aromatic heterocycles. The van der Waals surface area contributed by atoms with Gasteiger partial charge in [0.1, 0.15) is 5.82 Å². The van der Waals surface area contributed by atoms with Crippen molar-refractivity contribution in [2.75, 3.05) is 31.6 Å². The van der Waals surface area contributed by atoms with E-state index in [0.717, 1.165) is 31.7 Å². The average molecular weight is 249 g/mol. The summed E-state index contributed by atoms with van der Waals surface area (Å²) in [6.45, 7) is 2.68. The Morgan fingerprint density at radius 1 is 1.50 bits per heavy atom. The quantitative estimate of drug-likeness (QED) is 0.885. The molecule has 1 saturated heterocycles. The number of amides is 1. The normalized spacial score (nSPS) is 16.4. The molecule has 0 radical (unpaired) electrons. The van der Waals surface area contributed by atoms with Gasteiger partial charge in [-0.3, -0.25) is 0 Å². The molecule has 2 heterocycles. The van der Waals surface area contributed by atoms with Gasteiger partial charge in [0.05, 0.1) is 7.11 Å². The van der Waals surface area contributed by atoms with Gasteiger partial charge in [0.15, 0.2) is 0 Å². The minimum Gasteiger partial charge on any atom is -0.453 e. The highest BCUT2D eigenvalue weighted by molar-refractivity contribution is 5.66. The number of hydrogen-bond acceptors (Lipinski definition) is 4. The fourth-order valence-electron chi connectivity index (χ4n) is 2.21. The summed E-state index contributed by atoms with van der Waals surface area (Å²) in [5, 5.41) is 2.76. The maximum atomic E-state index is 11.0. The van der Waals surface area contributed by atoms with E-state index in [9.17, 15) is 4.79 Å². The Morgan fingerprint density at radius 2 is 2.28 bits per heavy atom. The Hall–Kier alpha value is -1.78. The molecule has 1 fully saturated rings. The van der Waals surface area contributed by atoms with E-state index in [0.29, 0.717) is 12.5 Å². The molecule has 1 amide bonds. The first kappa shape index (κ1) is 12.7. The van der Waals surface area contributed by atoms with Crippen LogP contribution in [0.5, 0.6) is 0 Å². The molecule has 98 valence electrons. The van der Waals surface area contributed by atoms with Gasteiger partial charge in [0.2, 0.25) is 0 Å². The van der Waals surface area contributed by atoms with Crippen LogP contribution in [0.2, 0.25) is 0 Å². The van der Waals surface area contributed by atoms with E-state index in [-0.39, 0.29) is 6.09 Å². The number of hydrogen-bond donors (Lipinski definition) is 1. The van der Waals surface area contributed by atoms with E-state index >= 15 is 0 Å². The fraction of sp³-hybridized carbons (Fsp3) is 0.538. The first-order chi connectivity index (χ1) is 8.79.